The summed E-state index contributed by atoms with van der Waals surface area (Å²) >= 11 is 7.00. The van der Waals surface area contributed by atoms with E-state index >= 15 is 13.2 Å². The summed E-state index contributed by atoms with van der Waals surface area (Å²) in [7, 11) is 0. The Morgan fingerprint density at radius 3 is 2.02 bits per heavy atom. The molecule has 3 fully saturated rings. The minimum absolute atomic E-state index is 0.0125. The zero-order chi connectivity index (χ0) is 58.2. The van der Waals surface area contributed by atoms with Crippen molar-refractivity contribution in [3.05, 3.63) is 163 Å². The van der Waals surface area contributed by atoms with E-state index in [0.29, 0.717) is 52.5 Å². The highest BCUT2D eigenvalue weighted by molar-refractivity contribution is 6.34. The lowest BCUT2D eigenvalue weighted by Crippen LogP contribution is -2.58. The number of pyridine rings is 4. The Kier molecular flexibility index (Phi) is 14.5. The Hall–Kier alpha value is -8.78. The van der Waals surface area contributed by atoms with Crippen LogP contribution in [0.2, 0.25) is 5.02 Å². The maximum atomic E-state index is 16.4. The minimum Gasteiger partial charge on any atom is -0.398 e. The molecule has 8 aromatic rings. The molecule has 11 rings (SSSR count). The van der Waals surface area contributed by atoms with Gasteiger partial charge in [-0.15, -0.1) is 0 Å². The summed E-state index contributed by atoms with van der Waals surface area (Å²) in [5.41, 5.74) is 8.79. The number of piperazine rings is 2. The van der Waals surface area contributed by atoms with Crippen LogP contribution in [-0.2, 0) is 9.59 Å². The van der Waals surface area contributed by atoms with E-state index in [2.05, 4.69) is 16.5 Å². The lowest BCUT2D eigenvalue weighted by Gasteiger charge is -2.45. The molecule has 82 heavy (non-hydrogen) atoms. The van der Waals surface area contributed by atoms with Gasteiger partial charge in [0.2, 0.25) is 11.8 Å². The number of anilines is 3. The number of aromatic nitrogens is 8. The molecule has 3 aliphatic rings. The number of benzene rings is 2. The number of nitrogen functional groups attached to an aromatic ring is 1. The molecule has 0 radical (unpaired) electrons. The summed E-state index contributed by atoms with van der Waals surface area (Å²) < 4.78 is 50.1. The van der Waals surface area contributed by atoms with Gasteiger partial charge in [-0.05, 0) is 125 Å². The first-order valence-electron chi connectivity index (χ1n) is 27.2. The topological polar surface area (TPSA) is 194 Å². The number of fused-ring (bicyclic) bond motifs is 2. The molecule has 2 aliphatic heterocycles. The van der Waals surface area contributed by atoms with E-state index in [1.165, 1.54) is 63.8 Å². The van der Waals surface area contributed by atoms with Crippen LogP contribution < -0.4 is 26.9 Å². The average molecular weight is 1130 g/mol. The van der Waals surface area contributed by atoms with Crippen LogP contribution in [0.5, 0.6) is 0 Å². The van der Waals surface area contributed by atoms with Crippen molar-refractivity contribution >= 4 is 68.9 Å². The zero-order valence-electron chi connectivity index (χ0n) is 46.3. The third kappa shape index (κ3) is 9.81. The Morgan fingerprint density at radius 2 is 1.37 bits per heavy atom. The van der Waals surface area contributed by atoms with Gasteiger partial charge in [-0.2, -0.15) is 9.97 Å². The maximum Gasteiger partial charge on any atom is 0.355 e. The van der Waals surface area contributed by atoms with E-state index in [1.54, 1.807) is 46.3 Å². The third-order valence-corrected chi connectivity index (χ3v) is 15.9. The zero-order valence-corrected chi connectivity index (χ0v) is 47.0. The Morgan fingerprint density at radius 1 is 0.720 bits per heavy atom. The molecule has 21 heteroatoms. The van der Waals surface area contributed by atoms with Crippen LogP contribution in [0.1, 0.15) is 87.5 Å². The van der Waals surface area contributed by atoms with Gasteiger partial charge in [0.1, 0.15) is 34.8 Å². The molecule has 2 N–H and O–H groups in total. The Bertz CT molecular complexity index is 4090. The van der Waals surface area contributed by atoms with Gasteiger partial charge in [0, 0.05) is 80.3 Å². The fourth-order valence-electron chi connectivity index (χ4n) is 11.6. The van der Waals surface area contributed by atoms with Gasteiger partial charge in [-0.3, -0.25) is 19.6 Å². The maximum absolute atomic E-state index is 16.4. The van der Waals surface area contributed by atoms with Crippen LogP contribution in [0.25, 0.3) is 62.0 Å². The first kappa shape index (κ1) is 55.1. The van der Waals surface area contributed by atoms with E-state index in [9.17, 15) is 19.2 Å². The Labute approximate surface area is 475 Å². The molecule has 0 unspecified atom stereocenters. The van der Waals surface area contributed by atoms with Gasteiger partial charge in [0.25, 0.3) is 0 Å². The number of hydrogen-bond donors (Lipinski definition) is 1. The molecule has 0 spiro atoms. The molecule has 2 amide bonds. The quantitative estimate of drug-likeness (QED) is 0.0951. The van der Waals surface area contributed by atoms with Crippen LogP contribution in [0, 0.1) is 31.3 Å². The molecule has 2 saturated heterocycles. The van der Waals surface area contributed by atoms with Crippen LogP contribution >= 0.6 is 11.6 Å². The van der Waals surface area contributed by atoms with Gasteiger partial charge >= 0.3 is 11.4 Å². The number of rotatable bonds is 11. The molecule has 1 saturated carbocycles. The van der Waals surface area contributed by atoms with Crippen molar-refractivity contribution in [2.75, 3.05) is 48.3 Å². The van der Waals surface area contributed by atoms with Crippen molar-refractivity contribution in [1.82, 2.24) is 48.8 Å². The fraction of sp³-hybridized carbons (Fsp3) is 0.311. The van der Waals surface area contributed by atoms with Gasteiger partial charge in [-0.1, -0.05) is 50.2 Å². The molecule has 3 atom stereocenters. The number of nitrogens with zero attached hydrogens (tertiary/aromatic N) is 12. The van der Waals surface area contributed by atoms with Gasteiger partial charge in [-0.25, -0.2) is 41.9 Å². The monoisotopic (exact) mass is 1130 g/mol. The van der Waals surface area contributed by atoms with Crippen molar-refractivity contribution in [2.24, 2.45) is 0 Å². The summed E-state index contributed by atoms with van der Waals surface area (Å²) in [6, 6.07) is 15.3. The van der Waals surface area contributed by atoms with Crippen LogP contribution in [0.15, 0.2) is 101 Å². The first-order valence-corrected chi connectivity index (χ1v) is 27.6. The highest BCUT2D eigenvalue weighted by Crippen LogP contribution is 2.44. The van der Waals surface area contributed by atoms with Gasteiger partial charge in [0.05, 0.1) is 55.5 Å². The van der Waals surface area contributed by atoms with Crippen LogP contribution in [0.4, 0.5) is 30.5 Å². The smallest absolute Gasteiger partial charge is 0.355 e. The van der Waals surface area contributed by atoms with Crippen molar-refractivity contribution in [3.63, 3.8) is 0 Å². The van der Waals surface area contributed by atoms with Gasteiger partial charge < -0.3 is 25.3 Å². The van der Waals surface area contributed by atoms with E-state index in [4.69, 9.17) is 37.3 Å². The number of carbonyl (C=O) groups excluding carboxylic acids is 2. The van der Waals surface area contributed by atoms with Crippen molar-refractivity contribution in [3.8, 4) is 33.9 Å². The lowest BCUT2D eigenvalue weighted by atomic mass is 10.0. The summed E-state index contributed by atoms with van der Waals surface area (Å²) in [6.07, 6.45) is 7.78. The summed E-state index contributed by atoms with van der Waals surface area (Å²) in [6.45, 7) is 18.2. The van der Waals surface area contributed by atoms with E-state index in [-0.39, 0.29) is 117 Å². The predicted molar refractivity (Wildman–Crippen MR) is 312 cm³/mol. The standard InChI is InChI=1S/C61H59ClF3N13O4/c1-9-47(79)74-29-35(7)76(36(8)30-74)59-40-26-42(62)53(49-44(64)15-12-16-46(49)66)70-57(40)78(61(82)72-59)55-33(5)25-38(68-50(55)31(2)3)19-20-48(80)73-23-24-75(34(6)28-73)56-41-27-45(65)52(39-13-10-11-14-43(39)63)69-58(41)77(60(81)71-56)54-32(4)21-22-67-51(54)37-17-18-37/h9-16,19-22,25-27,31,34-37H,1,17-18,23-24,28-30,66H2,2-8H3/b20-19-/t34-,35+,36+/m0/s1. The van der Waals surface area contributed by atoms with E-state index in [1.807, 2.05) is 58.3 Å². The molecule has 1 aliphatic carbocycles. The van der Waals surface area contributed by atoms with E-state index < -0.39 is 34.9 Å². The molecule has 2 aromatic carbocycles. The number of nitrogens with two attached hydrogens (primary N) is 1. The molecule has 8 heterocycles. The highest BCUT2D eigenvalue weighted by atomic mass is 35.5. The first-order chi connectivity index (χ1) is 39.2. The molecular formula is C61H59ClF3N13O4. The molecule has 6 aromatic heterocycles. The average Bonchev–Trinajstić information content (AvgIpc) is 3.26. The number of aryl methyl sites for hydroxylation is 2. The Balaban J connectivity index is 0.928. The van der Waals surface area contributed by atoms with Crippen molar-refractivity contribution in [2.45, 2.75) is 91.3 Å². The van der Waals surface area contributed by atoms with Crippen molar-refractivity contribution in [1.29, 1.82) is 0 Å². The molecule has 17 nitrogen and oxygen atoms in total. The third-order valence-electron chi connectivity index (χ3n) is 15.6. The summed E-state index contributed by atoms with van der Waals surface area (Å²) in [5.74, 6) is -2.39. The van der Waals surface area contributed by atoms with Crippen LogP contribution in [-0.4, -0.2) is 112 Å². The van der Waals surface area contributed by atoms with E-state index in [0.717, 1.165) is 18.4 Å². The highest BCUT2D eigenvalue weighted by Gasteiger charge is 2.37. The second kappa shape index (κ2) is 21.6. The predicted octanol–water partition coefficient (Wildman–Crippen LogP) is 9.63. The number of carbonyl (C=O) groups is 2. The number of amides is 2. The molecule has 420 valence electrons. The normalized spacial score (nSPS) is 17.7. The number of hydrogen-bond acceptors (Lipinski definition) is 13. The van der Waals surface area contributed by atoms with Gasteiger partial charge in [0.15, 0.2) is 11.3 Å². The second-order valence-electron chi connectivity index (χ2n) is 21.8. The summed E-state index contributed by atoms with van der Waals surface area (Å²) in [4.78, 5) is 92.1. The largest absolute Gasteiger partial charge is 0.398 e. The molecule has 0 bridgehead atoms. The SMILES string of the molecule is C=CC(=O)N1C[C@@H](C)N(c2nc(=O)n(-c3c(C)cc(/C=C\C(=O)N4CCN(c5nc(=O)n(-c6c(C)ccnc6C6CC6)c6nc(-c7ccccc7F)c(F)cc56)[C@@H](C)C4)nc3C(C)C)c3nc(-c4c(N)cccc4F)c(Cl)cc23)[C@H](C)C1. The minimum atomic E-state index is -0.800. The number of halogens is 4. The van der Waals surface area contributed by atoms with Crippen molar-refractivity contribution < 1.29 is 22.8 Å². The second-order valence-corrected chi connectivity index (χ2v) is 22.2. The molecular weight excluding hydrogens is 1070 g/mol. The lowest BCUT2D eigenvalue weighted by molar-refractivity contribution is -0.127. The summed E-state index contributed by atoms with van der Waals surface area (Å²) in [5, 5.41) is 0.685. The van der Waals surface area contributed by atoms with Crippen LogP contribution in [0.3, 0.4) is 0 Å². The fourth-order valence-corrected chi connectivity index (χ4v) is 11.9.